The van der Waals surface area contributed by atoms with Crippen molar-refractivity contribution in [2.24, 2.45) is 11.8 Å². The predicted molar refractivity (Wildman–Crippen MR) is 108 cm³/mol. The third kappa shape index (κ3) is 2.77. The molecule has 150 valence electrons. The maximum atomic E-state index is 12.6. The van der Waals surface area contributed by atoms with Gasteiger partial charge in [-0.15, -0.1) is 0 Å². The summed E-state index contributed by atoms with van der Waals surface area (Å²) in [5, 5.41) is 8.89. The smallest absolute Gasteiger partial charge is 0.276 e. The molecule has 1 aliphatic heterocycles. The highest BCUT2D eigenvalue weighted by Crippen LogP contribution is 2.57. The Kier molecular flexibility index (Phi) is 3.71. The quantitative estimate of drug-likeness (QED) is 0.510. The molecule has 3 atom stereocenters. The summed E-state index contributed by atoms with van der Waals surface area (Å²) in [6.45, 7) is 4.14. The van der Waals surface area contributed by atoms with Crippen molar-refractivity contribution in [2.75, 3.05) is 18.0 Å². The number of nitrogens with zero attached hydrogens (tertiary/aromatic N) is 7. The second-order valence-electron chi connectivity index (χ2n) is 8.04. The van der Waals surface area contributed by atoms with Crippen LogP contribution in [0.1, 0.15) is 23.2 Å². The number of hydrogen-bond acceptors (Lipinski definition) is 8. The molecule has 1 saturated heterocycles. The zero-order valence-corrected chi connectivity index (χ0v) is 16.3. The number of hydrogen-bond donors (Lipinski definition) is 0. The lowest BCUT2D eigenvalue weighted by molar-refractivity contribution is 0.358. The van der Waals surface area contributed by atoms with E-state index in [0.29, 0.717) is 34.5 Å². The number of fused-ring (bicyclic) bond motifs is 2. The standard InChI is InChI=1S/C21H19N7O2/c1-12-4-6-23-17(7-12)27-9-14-15(10-27)19(14)20-25-18(30-26-20)11-28-21(29)13-3-2-5-22-16(13)8-24-28/h2-8,14-15,19H,9-11H2,1H3/t14-,15+,19?. The van der Waals surface area contributed by atoms with Crippen molar-refractivity contribution in [3.63, 3.8) is 0 Å². The van der Waals surface area contributed by atoms with Crippen LogP contribution in [0.3, 0.4) is 0 Å². The van der Waals surface area contributed by atoms with Gasteiger partial charge in [-0.1, -0.05) is 5.16 Å². The first-order valence-corrected chi connectivity index (χ1v) is 9.98. The van der Waals surface area contributed by atoms with Gasteiger partial charge in [0.05, 0.1) is 17.1 Å². The van der Waals surface area contributed by atoms with Crippen molar-refractivity contribution >= 4 is 16.7 Å². The Hall–Kier alpha value is -3.62. The zero-order chi connectivity index (χ0) is 20.2. The topological polar surface area (TPSA) is 103 Å². The average molecular weight is 401 g/mol. The lowest BCUT2D eigenvalue weighted by atomic mass is 10.2. The van der Waals surface area contributed by atoms with E-state index in [1.54, 1.807) is 24.5 Å². The summed E-state index contributed by atoms with van der Waals surface area (Å²) in [6.07, 6.45) is 5.07. The molecule has 2 fully saturated rings. The molecule has 1 aliphatic carbocycles. The largest absolute Gasteiger partial charge is 0.356 e. The molecule has 9 nitrogen and oxygen atoms in total. The molecular weight excluding hydrogens is 382 g/mol. The van der Waals surface area contributed by atoms with Crippen LogP contribution >= 0.6 is 0 Å². The van der Waals surface area contributed by atoms with E-state index in [4.69, 9.17) is 4.52 Å². The summed E-state index contributed by atoms with van der Waals surface area (Å²) in [4.78, 5) is 28.1. The Bertz CT molecular complexity index is 1300. The maximum Gasteiger partial charge on any atom is 0.276 e. The SMILES string of the molecule is Cc1ccnc(N2C[C@@H]3C(c4noc(Cn5ncc6ncccc6c5=O)n4)[C@@H]3C2)c1. The molecule has 0 bridgehead atoms. The summed E-state index contributed by atoms with van der Waals surface area (Å²) in [5.74, 6) is 3.51. The number of rotatable bonds is 4. The average Bonchev–Trinajstić information content (AvgIpc) is 3.10. The van der Waals surface area contributed by atoms with Crippen LogP contribution in [0.2, 0.25) is 0 Å². The third-order valence-electron chi connectivity index (χ3n) is 6.11. The molecule has 2 aliphatic rings. The van der Waals surface area contributed by atoms with Gasteiger partial charge in [-0.3, -0.25) is 9.78 Å². The van der Waals surface area contributed by atoms with Crippen LogP contribution in [0.15, 0.2) is 52.2 Å². The molecule has 6 rings (SSSR count). The van der Waals surface area contributed by atoms with Gasteiger partial charge in [0.25, 0.3) is 5.56 Å². The van der Waals surface area contributed by atoms with Crippen molar-refractivity contribution < 1.29 is 4.52 Å². The predicted octanol–water partition coefficient (Wildman–Crippen LogP) is 1.78. The fourth-order valence-corrected chi connectivity index (χ4v) is 4.52. The number of piperidine rings is 1. The summed E-state index contributed by atoms with van der Waals surface area (Å²) in [6, 6.07) is 7.61. The van der Waals surface area contributed by atoms with E-state index in [0.717, 1.165) is 24.7 Å². The zero-order valence-electron chi connectivity index (χ0n) is 16.3. The normalized spacial score (nSPS) is 22.4. The highest BCUT2D eigenvalue weighted by molar-refractivity contribution is 5.75. The van der Waals surface area contributed by atoms with Crippen molar-refractivity contribution in [3.8, 4) is 0 Å². The Morgan fingerprint density at radius 1 is 1.17 bits per heavy atom. The summed E-state index contributed by atoms with van der Waals surface area (Å²) in [5.41, 5.74) is 1.57. The first-order chi connectivity index (χ1) is 14.7. The van der Waals surface area contributed by atoms with Crippen LogP contribution in [-0.2, 0) is 6.54 Å². The van der Waals surface area contributed by atoms with Gasteiger partial charge in [-0.25, -0.2) is 9.67 Å². The fraction of sp³-hybridized carbons (Fsp3) is 0.333. The van der Waals surface area contributed by atoms with Crippen LogP contribution in [0.5, 0.6) is 0 Å². The van der Waals surface area contributed by atoms with Gasteiger partial charge in [0, 0.05) is 31.4 Å². The summed E-state index contributed by atoms with van der Waals surface area (Å²) >= 11 is 0. The summed E-state index contributed by atoms with van der Waals surface area (Å²) < 4.78 is 6.76. The van der Waals surface area contributed by atoms with E-state index >= 15 is 0 Å². The highest BCUT2D eigenvalue weighted by Gasteiger charge is 2.58. The molecule has 0 N–H and O–H groups in total. The van der Waals surface area contributed by atoms with Crippen LogP contribution in [-0.4, -0.2) is 43.0 Å². The van der Waals surface area contributed by atoms with Crippen molar-refractivity contribution in [2.45, 2.75) is 19.4 Å². The Labute approximate surface area is 171 Å². The van der Waals surface area contributed by atoms with E-state index in [1.807, 2.05) is 12.3 Å². The van der Waals surface area contributed by atoms with Gasteiger partial charge in [0.1, 0.15) is 12.4 Å². The first kappa shape index (κ1) is 17.3. The van der Waals surface area contributed by atoms with Crippen molar-refractivity contribution in [3.05, 3.63) is 70.5 Å². The van der Waals surface area contributed by atoms with Gasteiger partial charge in [0.15, 0.2) is 5.82 Å². The second-order valence-corrected chi connectivity index (χ2v) is 8.04. The number of anilines is 1. The van der Waals surface area contributed by atoms with Crippen molar-refractivity contribution in [1.82, 2.24) is 29.9 Å². The molecule has 30 heavy (non-hydrogen) atoms. The van der Waals surface area contributed by atoms with Crippen LogP contribution in [0, 0.1) is 18.8 Å². The molecule has 5 heterocycles. The maximum absolute atomic E-state index is 12.6. The van der Waals surface area contributed by atoms with Gasteiger partial charge in [-0.05, 0) is 48.6 Å². The Balaban J connectivity index is 1.16. The molecule has 4 aromatic heterocycles. The van der Waals surface area contributed by atoms with Gasteiger partial charge in [0.2, 0.25) is 5.89 Å². The van der Waals surface area contributed by atoms with Gasteiger partial charge in [-0.2, -0.15) is 10.1 Å². The molecule has 1 saturated carbocycles. The minimum atomic E-state index is -0.218. The fourth-order valence-electron chi connectivity index (χ4n) is 4.52. The minimum Gasteiger partial charge on any atom is -0.356 e. The molecule has 9 heteroatoms. The summed E-state index contributed by atoms with van der Waals surface area (Å²) in [7, 11) is 0. The van der Waals surface area contributed by atoms with E-state index < -0.39 is 0 Å². The number of pyridine rings is 2. The second kappa shape index (κ2) is 6.45. The molecule has 4 aromatic rings. The number of aromatic nitrogens is 6. The van der Waals surface area contributed by atoms with E-state index in [-0.39, 0.29) is 12.1 Å². The lowest BCUT2D eigenvalue weighted by Crippen LogP contribution is -2.25. The molecule has 0 aromatic carbocycles. The molecule has 0 spiro atoms. The molecule has 0 amide bonds. The van der Waals surface area contributed by atoms with Gasteiger partial charge >= 0.3 is 0 Å². The molecule has 0 radical (unpaired) electrons. The van der Waals surface area contributed by atoms with E-state index in [2.05, 4.69) is 43.1 Å². The molecular formula is C21H19N7O2. The van der Waals surface area contributed by atoms with Crippen LogP contribution in [0.4, 0.5) is 5.82 Å². The lowest BCUT2D eigenvalue weighted by Gasteiger charge is -2.20. The monoisotopic (exact) mass is 401 g/mol. The van der Waals surface area contributed by atoms with E-state index in [9.17, 15) is 4.79 Å². The first-order valence-electron chi connectivity index (χ1n) is 9.98. The Morgan fingerprint density at radius 3 is 2.87 bits per heavy atom. The van der Waals surface area contributed by atoms with Crippen LogP contribution < -0.4 is 10.5 Å². The molecule has 1 unspecified atom stereocenters. The highest BCUT2D eigenvalue weighted by atomic mass is 16.5. The van der Waals surface area contributed by atoms with Crippen molar-refractivity contribution in [1.29, 1.82) is 0 Å². The van der Waals surface area contributed by atoms with Crippen LogP contribution in [0.25, 0.3) is 10.9 Å². The number of aryl methyl sites for hydroxylation is 1. The minimum absolute atomic E-state index is 0.151. The van der Waals surface area contributed by atoms with E-state index in [1.165, 1.54) is 10.2 Å². The third-order valence-corrected chi connectivity index (χ3v) is 6.11. The Morgan fingerprint density at radius 2 is 2.03 bits per heavy atom. The van der Waals surface area contributed by atoms with Gasteiger partial charge < -0.3 is 9.42 Å².